The molecule has 5 aromatic rings. The third-order valence-electron chi connectivity index (χ3n) is 8.77. The summed E-state index contributed by atoms with van der Waals surface area (Å²) in [5.41, 5.74) is 8.26. The third-order valence-corrected chi connectivity index (χ3v) is 8.77. The van der Waals surface area contributed by atoms with Crippen molar-refractivity contribution in [3.05, 3.63) is 168 Å². The highest BCUT2D eigenvalue weighted by Crippen LogP contribution is 2.36. The van der Waals surface area contributed by atoms with Gasteiger partial charge in [-0.15, -0.1) is 0 Å². The van der Waals surface area contributed by atoms with Gasteiger partial charge < -0.3 is 23.7 Å². The van der Waals surface area contributed by atoms with E-state index in [4.69, 9.17) is 23.7 Å². The van der Waals surface area contributed by atoms with Gasteiger partial charge in [0.15, 0.2) is 12.1 Å². The first-order valence-corrected chi connectivity index (χ1v) is 16.7. The van der Waals surface area contributed by atoms with Crippen molar-refractivity contribution in [2.75, 3.05) is 11.6 Å². The molecule has 6 atom stereocenters. The number of ether oxygens (including phenoxy) is 5. The van der Waals surface area contributed by atoms with E-state index >= 15 is 0 Å². The normalized spacial score (nSPS) is 23.1. The van der Waals surface area contributed by atoms with Crippen LogP contribution in [0.25, 0.3) is 0 Å². The second-order valence-electron chi connectivity index (χ2n) is 12.2. The van der Waals surface area contributed by atoms with Crippen LogP contribution in [0, 0.1) is 0 Å². The van der Waals surface area contributed by atoms with Crippen molar-refractivity contribution < 1.29 is 28.5 Å². The molecule has 7 rings (SSSR count). The van der Waals surface area contributed by atoms with Crippen molar-refractivity contribution in [1.29, 1.82) is 0 Å². The van der Waals surface area contributed by atoms with Gasteiger partial charge in [-0.2, -0.15) is 0 Å². The van der Waals surface area contributed by atoms with Crippen molar-refractivity contribution in [1.82, 2.24) is 5.43 Å². The van der Waals surface area contributed by atoms with Crippen LogP contribution in [0.3, 0.4) is 0 Å². The summed E-state index contributed by atoms with van der Waals surface area (Å²) in [6.45, 7) is 1.28. The van der Waals surface area contributed by atoms with Crippen LogP contribution >= 0.6 is 0 Å². The standard InChI is InChI=1S/C41H40N2O6/c44-41-36(42-43(33-22-12-4-13-23-33)34-24-14-5-15-25-34)38-40(49-41)39(47-28-32-20-10-3-11-21-32)37(46-27-31-18-8-2-9-19-31)35(48-38)29-45-26-30-16-6-1-7-17-30/h1-25,35-40,42H,26-29H2/t35-,36?,37-,38+,39+,40-/m1/s1. The number of nitrogens with one attached hydrogen (secondary N) is 1. The Morgan fingerprint density at radius 1 is 0.551 bits per heavy atom. The Morgan fingerprint density at radius 2 is 1.00 bits per heavy atom. The summed E-state index contributed by atoms with van der Waals surface area (Å²) < 4.78 is 32.5. The highest BCUT2D eigenvalue weighted by atomic mass is 16.6. The Morgan fingerprint density at radius 3 is 1.51 bits per heavy atom. The summed E-state index contributed by atoms with van der Waals surface area (Å²) >= 11 is 0. The van der Waals surface area contributed by atoms with Crippen LogP contribution in [0.5, 0.6) is 0 Å². The zero-order chi connectivity index (χ0) is 33.3. The van der Waals surface area contributed by atoms with Gasteiger partial charge in [-0.25, -0.2) is 5.43 Å². The van der Waals surface area contributed by atoms with Crippen LogP contribution in [0.2, 0.25) is 0 Å². The molecule has 0 amide bonds. The Labute approximate surface area is 287 Å². The molecular formula is C41H40N2O6. The van der Waals surface area contributed by atoms with E-state index in [1.165, 1.54) is 0 Å². The summed E-state index contributed by atoms with van der Waals surface area (Å²) in [6.07, 6.45) is -3.20. The minimum atomic E-state index is -0.833. The lowest BCUT2D eigenvalue weighted by Gasteiger charge is -2.44. The predicted molar refractivity (Wildman–Crippen MR) is 187 cm³/mol. The van der Waals surface area contributed by atoms with E-state index < -0.39 is 42.5 Å². The Kier molecular flexibility index (Phi) is 10.7. The van der Waals surface area contributed by atoms with Crippen LogP contribution in [0.15, 0.2) is 152 Å². The number of carbonyl (C=O) groups excluding carboxylic acids is 1. The first-order chi connectivity index (χ1) is 24.2. The van der Waals surface area contributed by atoms with E-state index in [2.05, 4.69) is 5.43 Å². The fraction of sp³-hybridized carbons (Fsp3) is 0.244. The highest BCUT2D eigenvalue weighted by molar-refractivity contribution is 5.80. The van der Waals surface area contributed by atoms with E-state index in [1.807, 2.05) is 157 Å². The first-order valence-electron chi connectivity index (χ1n) is 16.7. The second kappa shape index (κ2) is 16.0. The van der Waals surface area contributed by atoms with Crippen molar-refractivity contribution in [2.24, 2.45) is 0 Å². The summed E-state index contributed by atoms with van der Waals surface area (Å²) in [7, 11) is 0. The topological polar surface area (TPSA) is 78.5 Å². The fourth-order valence-corrected chi connectivity index (χ4v) is 6.33. The third kappa shape index (κ3) is 8.08. The van der Waals surface area contributed by atoms with Crippen LogP contribution in [-0.4, -0.2) is 49.1 Å². The molecule has 2 heterocycles. The minimum absolute atomic E-state index is 0.227. The zero-order valence-electron chi connectivity index (χ0n) is 27.1. The number of hydrogen-bond acceptors (Lipinski definition) is 8. The number of esters is 1. The minimum Gasteiger partial charge on any atom is -0.455 e. The van der Waals surface area contributed by atoms with Gasteiger partial charge in [-0.1, -0.05) is 127 Å². The summed E-state index contributed by atoms with van der Waals surface area (Å²) in [5.74, 6) is -0.423. The quantitative estimate of drug-likeness (QED) is 0.104. The van der Waals surface area contributed by atoms with Gasteiger partial charge in [0, 0.05) is 0 Å². The van der Waals surface area contributed by atoms with Gasteiger partial charge in [0.1, 0.15) is 24.4 Å². The van der Waals surface area contributed by atoms with E-state index in [1.54, 1.807) is 0 Å². The van der Waals surface area contributed by atoms with Crippen molar-refractivity contribution in [3.8, 4) is 0 Å². The number of rotatable bonds is 14. The van der Waals surface area contributed by atoms with Crippen LogP contribution in [0.1, 0.15) is 16.7 Å². The first kappa shape index (κ1) is 32.7. The van der Waals surface area contributed by atoms with Gasteiger partial charge in [0.25, 0.3) is 0 Å². The molecule has 2 fully saturated rings. The van der Waals surface area contributed by atoms with Crippen LogP contribution in [-0.2, 0) is 48.3 Å². The lowest BCUT2D eigenvalue weighted by Crippen LogP contribution is -2.63. The van der Waals surface area contributed by atoms with Gasteiger partial charge in [0.2, 0.25) is 0 Å². The second-order valence-corrected chi connectivity index (χ2v) is 12.2. The van der Waals surface area contributed by atoms with Gasteiger partial charge in [-0.3, -0.25) is 9.80 Å². The zero-order valence-corrected chi connectivity index (χ0v) is 27.1. The van der Waals surface area contributed by atoms with Crippen molar-refractivity contribution in [3.63, 3.8) is 0 Å². The molecule has 250 valence electrons. The number of benzene rings is 5. The average molecular weight is 657 g/mol. The molecule has 0 bridgehead atoms. The van der Waals surface area contributed by atoms with E-state index in [9.17, 15) is 4.79 Å². The number of anilines is 2. The molecule has 0 aromatic heterocycles. The molecule has 0 radical (unpaired) electrons. The number of hydrogen-bond donors (Lipinski definition) is 1. The molecule has 49 heavy (non-hydrogen) atoms. The van der Waals surface area contributed by atoms with Gasteiger partial charge in [-0.05, 0) is 41.0 Å². The molecule has 0 aliphatic carbocycles. The molecule has 0 saturated carbocycles. The molecule has 2 aliphatic heterocycles. The maximum Gasteiger partial charge on any atom is 0.328 e. The van der Waals surface area contributed by atoms with Crippen LogP contribution in [0.4, 0.5) is 11.4 Å². The lowest BCUT2D eigenvalue weighted by atomic mass is 9.92. The Hall–Kier alpha value is -4.83. The summed E-state index contributed by atoms with van der Waals surface area (Å²) in [6, 6.07) is 48.8. The Balaban J connectivity index is 1.19. The molecule has 5 aromatic carbocycles. The molecule has 8 nitrogen and oxygen atoms in total. The predicted octanol–water partition coefficient (Wildman–Crippen LogP) is 6.78. The number of carbonyl (C=O) groups is 1. The summed E-state index contributed by atoms with van der Waals surface area (Å²) in [4.78, 5) is 13.8. The number of hydrazine groups is 1. The number of nitrogens with zero attached hydrogens (tertiary/aromatic N) is 1. The molecule has 8 heteroatoms. The maximum atomic E-state index is 13.8. The smallest absolute Gasteiger partial charge is 0.328 e. The van der Waals surface area contributed by atoms with Crippen molar-refractivity contribution >= 4 is 17.3 Å². The number of fused-ring (bicyclic) bond motifs is 1. The fourth-order valence-electron chi connectivity index (χ4n) is 6.33. The molecule has 2 aliphatic rings. The highest BCUT2D eigenvalue weighted by Gasteiger charge is 2.58. The number of para-hydroxylation sites is 2. The molecule has 1 unspecified atom stereocenters. The van der Waals surface area contributed by atoms with E-state index in [0.29, 0.717) is 19.8 Å². The van der Waals surface area contributed by atoms with Crippen LogP contribution < -0.4 is 10.4 Å². The van der Waals surface area contributed by atoms with Gasteiger partial charge >= 0.3 is 5.97 Å². The van der Waals surface area contributed by atoms with E-state index in [0.717, 1.165) is 28.1 Å². The lowest BCUT2D eigenvalue weighted by molar-refractivity contribution is -0.251. The SMILES string of the molecule is O=C1O[C@H]2[C@@H](OCc3ccccc3)[C@H](OCc3ccccc3)[C@@H](COCc3ccccc3)O[C@H]2C1NN(c1ccccc1)c1ccccc1. The Bertz CT molecular complexity index is 1690. The van der Waals surface area contributed by atoms with E-state index in [-0.39, 0.29) is 6.61 Å². The molecular weight excluding hydrogens is 616 g/mol. The van der Waals surface area contributed by atoms with Crippen molar-refractivity contribution in [2.45, 2.75) is 56.4 Å². The maximum absolute atomic E-state index is 13.8. The molecule has 2 saturated heterocycles. The molecule has 0 spiro atoms. The van der Waals surface area contributed by atoms with Gasteiger partial charge in [0.05, 0.1) is 37.8 Å². The largest absolute Gasteiger partial charge is 0.455 e. The molecule has 1 N–H and O–H groups in total. The average Bonchev–Trinajstić information content (AvgIpc) is 3.47. The summed E-state index contributed by atoms with van der Waals surface area (Å²) in [5, 5.41) is 1.90. The monoisotopic (exact) mass is 656 g/mol.